The number of anilines is 4. The van der Waals surface area contributed by atoms with E-state index in [1.165, 1.54) is 25.1 Å². The quantitative estimate of drug-likeness (QED) is 0.193. The predicted molar refractivity (Wildman–Crippen MR) is 150 cm³/mol. The van der Waals surface area contributed by atoms with Crippen molar-refractivity contribution in [2.24, 2.45) is 0 Å². The van der Waals surface area contributed by atoms with Crippen LogP contribution in [0.2, 0.25) is 0 Å². The average molecular weight is 523 g/mol. The van der Waals surface area contributed by atoms with E-state index >= 15 is 0 Å². The molecule has 196 valence electrons. The van der Waals surface area contributed by atoms with Gasteiger partial charge in [-0.05, 0) is 61.0 Å². The van der Waals surface area contributed by atoms with Crippen molar-refractivity contribution in [3.05, 3.63) is 120 Å². The molecular formula is C30H26N4O5. The van der Waals surface area contributed by atoms with E-state index < -0.39 is 29.2 Å². The first-order valence-electron chi connectivity index (χ1n) is 12.0. The van der Waals surface area contributed by atoms with Crippen molar-refractivity contribution in [1.82, 2.24) is 0 Å². The van der Waals surface area contributed by atoms with E-state index in [4.69, 9.17) is 5.11 Å². The number of rotatable bonds is 8. The van der Waals surface area contributed by atoms with E-state index in [1.54, 1.807) is 78.9 Å². The van der Waals surface area contributed by atoms with E-state index in [9.17, 15) is 19.2 Å². The summed E-state index contributed by atoms with van der Waals surface area (Å²) in [6.45, 7) is 1.52. The number of carbonyl (C=O) groups is 4. The van der Waals surface area contributed by atoms with Crippen LogP contribution in [0.3, 0.4) is 0 Å². The Labute approximate surface area is 224 Å². The fraction of sp³-hybridized carbons (Fsp3) is 0.0667. The monoisotopic (exact) mass is 522 g/mol. The molecular weight excluding hydrogens is 496 g/mol. The lowest BCUT2D eigenvalue weighted by Crippen LogP contribution is -2.47. The highest BCUT2D eigenvalue weighted by Gasteiger charge is 2.43. The normalized spacial score (nSPS) is 10.7. The third-order valence-electron chi connectivity index (χ3n) is 6.11. The second-order valence-electron chi connectivity index (χ2n) is 8.77. The maximum atomic E-state index is 13.5. The molecule has 39 heavy (non-hydrogen) atoms. The molecule has 0 aliphatic heterocycles. The second kappa shape index (κ2) is 11.7. The van der Waals surface area contributed by atoms with Crippen molar-refractivity contribution >= 4 is 46.6 Å². The van der Waals surface area contributed by atoms with Crippen LogP contribution in [0.25, 0.3) is 0 Å². The highest BCUT2D eigenvalue weighted by molar-refractivity contribution is 6.19. The summed E-state index contributed by atoms with van der Waals surface area (Å²) in [5.74, 6) is -1.59. The lowest BCUT2D eigenvalue weighted by molar-refractivity contribution is -0.131. The largest absolute Gasteiger partial charge is 0.465 e. The number of nitrogens with one attached hydrogen (secondary N) is 4. The van der Waals surface area contributed by atoms with Crippen molar-refractivity contribution in [2.45, 2.75) is 12.3 Å². The molecule has 9 nitrogen and oxygen atoms in total. The van der Waals surface area contributed by atoms with Gasteiger partial charge in [-0.2, -0.15) is 0 Å². The molecule has 4 rings (SSSR count). The molecule has 5 N–H and O–H groups in total. The molecule has 0 atom stereocenters. The van der Waals surface area contributed by atoms with Crippen LogP contribution in [0.4, 0.5) is 27.5 Å². The number of hydrogen-bond donors (Lipinski definition) is 5. The maximum Gasteiger partial charge on any atom is 0.409 e. The molecule has 0 heterocycles. The number of carbonyl (C=O) groups excluding carboxylic acids is 3. The SMILES string of the molecule is CC(C(=O)Nc1ccccc1)(C(=O)Nc1ccccc1)c1ccc(C(=O)Nc2ccccc2NC(=O)O)cc1. The first kappa shape index (κ1) is 26.6. The third kappa shape index (κ3) is 6.28. The summed E-state index contributed by atoms with van der Waals surface area (Å²) in [6.07, 6.45) is -1.26. The molecule has 0 aromatic heterocycles. The van der Waals surface area contributed by atoms with Crippen LogP contribution < -0.4 is 21.3 Å². The van der Waals surface area contributed by atoms with Gasteiger partial charge in [-0.3, -0.25) is 19.7 Å². The molecule has 0 aliphatic carbocycles. The van der Waals surface area contributed by atoms with Crippen molar-refractivity contribution in [2.75, 3.05) is 21.3 Å². The molecule has 0 fully saturated rings. The highest BCUT2D eigenvalue weighted by atomic mass is 16.4. The van der Waals surface area contributed by atoms with E-state index in [2.05, 4.69) is 21.3 Å². The molecule has 9 heteroatoms. The Morgan fingerprint density at radius 2 is 1.00 bits per heavy atom. The van der Waals surface area contributed by atoms with Crippen LogP contribution in [0.15, 0.2) is 109 Å². The Kier molecular flexibility index (Phi) is 8.01. The van der Waals surface area contributed by atoms with Gasteiger partial charge in [-0.1, -0.05) is 60.7 Å². The molecule has 4 aromatic carbocycles. The molecule has 0 unspecified atom stereocenters. The van der Waals surface area contributed by atoms with Gasteiger partial charge in [0.05, 0.1) is 11.4 Å². The molecule has 0 radical (unpaired) electrons. The summed E-state index contributed by atoms with van der Waals surface area (Å²) in [4.78, 5) is 51.1. The molecule has 0 aliphatic rings. The fourth-order valence-electron chi connectivity index (χ4n) is 3.89. The van der Waals surface area contributed by atoms with Crippen molar-refractivity contribution in [1.29, 1.82) is 0 Å². The number of hydrogen-bond acceptors (Lipinski definition) is 4. The first-order chi connectivity index (χ1) is 18.8. The van der Waals surface area contributed by atoms with Crippen molar-refractivity contribution in [3.8, 4) is 0 Å². The molecule has 0 saturated carbocycles. The summed E-state index contributed by atoms with van der Waals surface area (Å²) in [5.41, 5.74) is 0.531. The average Bonchev–Trinajstić information content (AvgIpc) is 2.94. The number of para-hydroxylation sites is 4. The minimum Gasteiger partial charge on any atom is -0.465 e. The summed E-state index contributed by atoms with van der Waals surface area (Å²) >= 11 is 0. The number of benzene rings is 4. The van der Waals surface area contributed by atoms with E-state index in [1.807, 2.05) is 12.1 Å². The van der Waals surface area contributed by atoms with Gasteiger partial charge in [0.25, 0.3) is 5.91 Å². The Morgan fingerprint density at radius 3 is 1.46 bits per heavy atom. The summed E-state index contributed by atoms with van der Waals surface area (Å²) in [7, 11) is 0. The van der Waals surface area contributed by atoms with Crippen LogP contribution in [-0.4, -0.2) is 28.9 Å². The number of amides is 4. The lowest BCUT2D eigenvalue weighted by Gasteiger charge is -2.28. The Hall–Kier alpha value is -5.44. The second-order valence-corrected chi connectivity index (χ2v) is 8.77. The lowest BCUT2D eigenvalue weighted by atomic mass is 9.80. The zero-order chi connectivity index (χ0) is 27.8. The smallest absolute Gasteiger partial charge is 0.409 e. The standard InChI is InChI=1S/C30H26N4O5/c1-30(27(36)31-22-10-4-2-5-11-22,28(37)32-23-12-6-3-7-13-23)21-18-16-20(17-19-21)26(35)33-24-14-8-9-15-25(24)34-29(38)39/h2-19,34H,1H3,(H,31,36)(H,32,37)(H,33,35)(H,38,39). The van der Waals surface area contributed by atoms with Gasteiger partial charge in [0.15, 0.2) is 5.41 Å². The van der Waals surface area contributed by atoms with E-state index in [0.29, 0.717) is 16.9 Å². The van der Waals surface area contributed by atoms with Gasteiger partial charge in [0.1, 0.15) is 0 Å². The van der Waals surface area contributed by atoms with Crippen molar-refractivity contribution < 1.29 is 24.3 Å². The first-order valence-corrected chi connectivity index (χ1v) is 12.0. The van der Waals surface area contributed by atoms with Gasteiger partial charge >= 0.3 is 6.09 Å². The fourth-order valence-corrected chi connectivity index (χ4v) is 3.89. The Morgan fingerprint density at radius 1 is 0.564 bits per heavy atom. The van der Waals surface area contributed by atoms with Crippen LogP contribution in [0, 0.1) is 0 Å². The summed E-state index contributed by atoms with van der Waals surface area (Å²) in [6, 6.07) is 30.1. The Bertz CT molecular complexity index is 1440. The zero-order valence-electron chi connectivity index (χ0n) is 21.0. The molecule has 0 spiro atoms. The van der Waals surface area contributed by atoms with Crippen LogP contribution >= 0.6 is 0 Å². The van der Waals surface area contributed by atoms with E-state index in [-0.39, 0.29) is 16.9 Å². The van der Waals surface area contributed by atoms with Crippen LogP contribution in [-0.2, 0) is 15.0 Å². The minimum absolute atomic E-state index is 0.220. The predicted octanol–water partition coefficient (Wildman–Crippen LogP) is 5.56. The van der Waals surface area contributed by atoms with Crippen LogP contribution in [0.5, 0.6) is 0 Å². The van der Waals surface area contributed by atoms with Gasteiger partial charge in [0.2, 0.25) is 11.8 Å². The van der Waals surface area contributed by atoms with Gasteiger partial charge in [-0.25, -0.2) is 4.79 Å². The van der Waals surface area contributed by atoms with Gasteiger partial charge in [-0.15, -0.1) is 0 Å². The summed E-state index contributed by atoms with van der Waals surface area (Å²) < 4.78 is 0. The Balaban J connectivity index is 1.61. The molecule has 4 amide bonds. The van der Waals surface area contributed by atoms with Crippen molar-refractivity contribution in [3.63, 3.8) is 0 Å². The minimum atomic E-state index is -1.65. The molecule has 0 saturated heterocycles. The zero-order valence-corrected chi connectivity index (χ0v) is 21.0. The highest BCUT2D eigenvalue weighted by Crippen LogP contribution is 2.29. The maximum absolute atomic E-state index is 13.5. The number of carboxylic acid groups (broad SMARTS) is 1. The van der Waals surface area contributed by atoms with E-state index in [0.717, 1.165) is 0 Å². The molecule has 4 aromatic rings. The molecule has 0 bridgehead atoms. The summed E-state index contributed by atoms with van der Waals surface area (Å²) in [5, 5.41) is 19.6. The van der Waals surface area contributed by atoms with Gasteiger partial charge in [0, 0.05) is 16.9 Å². The third-order valence-corrected chi connectivity index (χ3v) is 6.11. The topological polar surface area (TPSA) is 137 Å². The van der Waals surface area contributed by atoms with Gasteiger partial charge < -0.3 is 21.1 Å². The van der Waals surface area contributed by atoms with Crippen LogP contribution in [0.1, 0.15) is 22.8 Å².